The van der Waals surface area contributed by atoms with E-state index in [9.17, 15) is 4.79 Å². The molecule has 4 rings (SSSR count). The van der Waals surface area contributed by atoms with Crippen LogP contribution in [0.2, 0.25) is 0 Å². The fourth-order valence-electron chi connectivity index (χ4n) is 3.04. The Morgan fingerprint density at radius 1 is 1.27 bits per heavy atom. The summed E-state index contributed by atoms with van der Waals surface area (Å²) in [6.07, 6.45) is 7.39. The van der Waals surface area contributed by atoms with Gasteiger partial charge in [0.2, 0.25) is 5.13 Å². The molecule has 0 saturated carbocycles. The van der Waals surface area contributed by atoms with Crippen LogP contribution in [0.1, 0.15) is 23.2 Å². The Kier molecular flexibility index (Phi) is 4.82. The third-order valence-corrected chi connectivity index (χ3v) is 5.05. The van der Waals surface area contributed by atoms with Gasteiger partial charge in [0, 0.05) is 32.0 Å². The number of carbonyl (C=O) groups excluding carboxylic acids is 1. The summed E-state index contributed by atoms with van der Waals surface area (Å²) in [5, 5.41) is 18.6. The number of aromatic nitrogens is 6. The quantitative estimate of drug-likeness (QED) is 0.729. The molecule has 0 atom stereocenters. The van der Waals surface area contributed by atoms with E-state index in [-0.39, 0.29) is 5.91 Å². The van der Waals surface area contributed by atoms with Gasteiger partial charge in [-0.1, -0.05) is 16.6 Å². The molecule has 0 spiro atoms. The molecule has 3 aromatic rings. The standard InChI is InChI=1S/C16H18N8OS/c25-15(20-16-21-19-11-26-16)13-1-2-14(17-9-13)23-6-3-12(4-7-23)10-24-8-5-18-22-24/h1-2,5,8-9,11-12H,3-4,6-7,10H2,(H,20,21,25). The fraction of sp³-hybridized carbons (Fsp3) is 0.375. The zero-order chi connectivity index (χ0) is 17.8. The fourth-order valence-corrected chi connectivity index (χ4v) is 3.48. The molecule has 4 heterocycles. The van der Waals surface area contributed by atoms with E-state index in [1.807, 2.05) is 16.9 Å². The van der Waals surface area contributed by atoms with Crippen molar-refractivity contribution in [2.75, 3.05) is 23.3 Å². The molecular weight excluding hydrogens is 352 g/mol. The van der Waals surface area contributed by atoms with Crippen LogP contribution in [0.3, 0.4) is 0 Å². The van der Waals surface area contributed by atoms with E-state index in [4.69, 9.17) is 0 Å². The highest BCUT2D eigenvalue weighted by atomic mass is 32.1. The Labute approximate surface area is 154 Å². The van der Waals surface area contributed by atoms with Crippen LogP contribution in [0, 0.1) is 5.92 Å². The van der Waals surface area contributed by atoms with Crippen LogP contribution in [0.15, 0.2) is 36.2 Å². The van der Waals surface area contributed by atoms with E-state index in [0.717, 1.165) is 38.3 Å². The summed E-state index contributed by atoms with van der Waals surface area (Å²) in [7, 11) is 0. The van der Waals surface area contributed by atoms with E-state index >= 15 is 0 Å². The minimum absolute atomic E-state index is 0.229. The van der Waals surface area contributed by atoms with Crippen LogP contribution >= 0.6 is 11.3 Å². The highest BCUT2D eigenvalue weighted by Gasteiger charge is 2.21. The molecule has 0 bridgehead atoms. The molecule has 134 valence electrons. The van der Waals surface area contributed by atoms with Crippen LogP contribution in [0.5, 0.6) is 0 Å². The third kappa shape index (κ3) is 3.85. The first kappa shape index (κ1) is 16.6. The Bertz CT molecular complexity index is 826. The number of nitrogens with one attached hydrogen (secondary N) is 1. The topological polar surface area (TPSA) is 102 Å². The summed E-state index contributed by atoms with van der Waals surface area (Å²) in [6.45, 7) is 2.80. The predicted molar refractivity (Wildman–Crippen MR) is 97.1 cm³/mol. The molecule has 1 saturated heterocycles. The van der Waals surface area contributed by atoms with Gasteiger partial charge in [0.25, 0.3) is 5.91 Å². The average molecular weight is 370 g/mol. The van der Waals surface area contributed by atoms with Gasteiger partial charge in [0.15, 0.2) is 0 Å². The van der Waals surface area contributed by atoms with Crippen molar-refractivity contribution in [2.45, 2.75) is 19.4 Å². The van der Waals surface area contributed by atoms with Crippen molar-refractivity contribution in [3.8, 4) is 0 Å². The maximum Gasteiger partial charge on any atom is 0.259 e. The van der Waals surface area contributed by atoms with Crippen molar-refractivity contribution in [2.24, 2.45) is 5.92 Å². The molecule has 1 N–H and O–H groups in total. The number of carbonyl (C=O) groups is 1. The first-order valence-corrected chi connectivity index (χ1v) is 9.28. The van der Waals surface area contributed by atoms with Gasteiger partial charge in [0.1, 0.15) is 11.3 Å². The minimum atomic E-state index is -0.229. The summed E-state index contributed by atoms with van der Waals surface area (Å²) in [5.41, 5.74) is 2.08. The summed E-state index contributed by atoms with van der Waals surface area (Å²) >= 11 is 1.28. The maximum atomic E-state index is 12.2. The summed E-state index contributed by atoms with van der Waals surface area (Å²) in [6, 6.07) is 3.69. The molecule has 1 amide bonds. The van der Waals surface area contributed by atoms with Crippen LogP contribution in [0.4, 0.5) is 10.9 Å². The number of anilines is 2. The van der Waals surface area contributed by atoms with Crippen molar-refractivity contribution in [3.63, 3.8) is 0 Å². The molecule has 0 unspecified atom stereocenters. The van der Waals surface area contributed by atoms with Gasteiger partial charge in [-0.2, -0.15) is 0 Å². The lowest BCUT2D eigenvalue weighted by Crippen LogP contribution is -2.35. The molecule has 0 aliphatic carbocycles. The smallest absolute Gasteiger partial charge is 0.259 e. The van der Waals surface area contributed by atoms with Gasteiger partial charge in [-0.05, 0) is 30.9 Å². The van der Waals surface area contributed by atoms with Crippen LogP contribution in [-0.2, 0) is 6.54 Å². The number of hydrogen-bond acceptors (Lipinski definition) is 8. The number of piperidine rings is 1. The zero-order valence-electron chi connectivity index (χ0n) is 14.0. The molecule has 1 aliphatic heterocycles. The van der Waals surface area contributed by atoms with E-state index in [2.05, 4.69) is 35.7 Å². The monoisotopic (exact) mass is 370 g/mol. The first-order valence-electron chi connectivity index (χ1n) is 8.40. The van der Waals surface area contributed by atoms with Gasteiger partial charge < -0.3 is 4.90 Å². The normalized spacial score (nSPS) is 15.2. The number of hydrogen-bond donors (Lipinski definition) is 1. The molecule has 3 aromatic heterocycles. The van der Waals surface area contributed by atoms with E-state index < -0.39 is 0 Å². The summed E-state index contributed by atoms with van der Waals surface area (Å²) < 4.78 is 1.89. The third-order valence-electron chi connectivity index (χ3n) is 4.45. The zero-order valence-corrected chi connectivity index (χ0v) is 14.8. The Hall–Kier alpha value is -2.88. The Morgan fingerprint density at radius 2 is 2.15 bits per heavy atom. The second kappa shape index (κ2) is 7.56. The largest absolute Gasteiger partial charge is 0.357 e. The van der Waals surface area contributed by atoms with Crippen LogP contribution in [-0.4, -0.2) is 49.2 Å². The van der Waals surface area contributed by atoms with Crippen molar-refractivity contribution in [3.05, 3.63) is 41.8 Å². The summed E-state index contributed by atoms with van der Waals surface area (Å²) in [4.78, 5) is 18.9. The molecule has 0 aromatic carbocycles. The second-order valence-electron chi connectivity index (χ2n) is 6.16. The molecular formula is C16H18N8OS. The van der Waals surface area contributed by atoms with Crippen molar-refractivity contribution >= 4 is 28.2 Å². The first-order chi connectivity index (χ1) is 12.8. The van der Waals surface area contributed by atoms with Crippen LogP contribution < -0.4 is 10.2 Å². The average Bonchev–Trinajstić information content (AvgIpc) is 3.37. The van der Waals surface area contributed by atoms with Crippen LogP contribution in [0.25, 0.3) is 0 Å². The van der Waals surface area contributed by atoms with Gasteiger partial charge in [-0.3, -0.25) is 14.8 Å². The number of nitrogens with zero attached hydrogens (tertiary/aromatic N) is 7. The second-order valence-corrected chi connectivity index (χ2v) is 6.99. The van der Waals surface area contributed by atoms with Crippen molar-refractivity contribution in [1.29, 1.82) is 0 Å². The Balaban J connectivity index is 1.32. The molecule has 26 heavy (non-hydrogen) atoms. The van der Waals surface area contributed by atoms with Crippen molar-refractivity contribution in [1.82, 2.24) is 30.2 Å². The number of pyridine rings is 1. The number of rotatable bonds is 5. The lowest BCUT2D eigenvalue weighted by atomic mass is 9.97. The van der Waals surface area contributed by atoms with Gasteiger partial charge >= 0.3 is 0 Å². The highest BCUT2D eigenvalue weighted by molar-refractivity contribution is 7.13. The SMILES string of the molecule is O=C(Nc1nncs1)c1ccc(N2CCC(Cn3ccnn3)CC2)nc1. The number of amides is 1. The Morgan fingerprint density at radius 3 is 2.81 bits per heavy atom. The maximum absolute atomic E-state index is 12.2. The highest BCUT2D eigenvalue weighted by Crippen LogP contribution is 2.23. The lowest BCUT2D eigenvalue weighted by molar-refractivity contribution is 0.102. The van der Waals surface area contributed by atoms with Crippen molar-refractivity contribution < 1.29 is 4.79 Å². The van der Waals surface area contributed by atoms with E-state index in [1.165, 1.54) is 11.3 Å². The molecule has 1 fully saturated rings. The molecule has 1 aliphatic rings. The summed E-state index contributed by atoms with van der Waals surface area (Å²) in [5.74, 6) is 1.27. The molecule has 0 radical (unpaired) electrons. The van der Waals surface area contributed by atoms with Gasteiger partial charge in [0.05, 0.1) is 11.8 Å². The van der Waals surface area contributed by atoms with E-state index in [0.29, 0.717) is 16.6 Å². The van der Waals surface area contributed by atoms with E-state index in [1.54, 1.807) is 24.0 Å². The van der Waals surface area contributed by atoms with Gasteiger partial charge in [-0.25, -0.2) is 4.98 Å². The lowest BCUT2D eigenvalue weighted by Gasteiger charge is -2.32. The minimum Gasteiger partial charge on any atom is -0.357 e. The van der Waals surface area contributed by atoms with Gasteiger partial charge in [-0.15, -0.1) is 15.3 Å². The predicted octanol–water partition coefficient (Wildman–Crippen LogP) is 1.69. The molecule has 10 heteroatoms. The molecule has 9 nitrogen and oxygen atoms in total.